The van der Waals surface area contributed by atoms with Gasteiger partial charge >= 0.3 is 17.9 Å². The van der Waals surface area contributed by atoms with Crippen LogP contribution in [-0.2, 0) is 28.6 Å². The highest BCUT2D eigenvalue weighted by Gasteiger charge is 2.19. The molecule has 0 bridgehead atoms. The Bertz CT molecular complexity index is 980. The maximum Gasteiger partial charge on any atom is 0.306 e. The van der Waals surface area contributed by atoms with Gasteiger partial charge in [-0.15, -0.1) is 0 Å². The van der Waals surface area contributed by atoms with E-state index in [-0.39, 0.29) is 31.1 Å². The van der Waals surface area contributed by atoms with Crippen molar-refractivity contribution in [1.82, 2.24) is 0 Å². The lowest BCUT2D eigenvalue weighted by atomic mass is 10.0. The van der Waals surface area contributed by atoms with E-state index in [1.807, 2.05) is 0 Å². The Morgan fingerprint density at radius 2 is 0.508 bits per heavy atom. The molecule has 0 heterocycles. The molecule has 6 nitrogen and oxygen atoms in total. The molecule has 0 aliphatic rings. The highest BCUT2D eigenvalue weighted by molar-refractivity contribution is 5.71. The third-order valence-electron chi connectivity index (χ3n) is 13.5. The zero-order chi connectivity index (χ0) is 47.4. The van der Waals surface area contributed by atoms with Crippen molar-refractivity contribution in [3.8, 4) is 0 Å². The third kappa shape index (κ3) is 53.2. The normalized spacial score (nSPS) is 12.0. The maximum absolute atomic E-state index is 12.8. The number of rotatable bonds is 54. The fraction of sp³-hybridized carbons (Fsp3) is 0.949. The number of hydrogen-bond donors (Lipinski definition) is 0. The van der Waals surface area contributed by atoms with Crippen LogP contribution in [0.1, 0.15) is 336 Å². The Hall–Kier alpha value is -1.59. The summed E-state index contributed by atoms with van der Waals surface area (Å²) in [6, 6.07) is 0. The lowest BCUT2D eigenvalue weighted by Crippen LogP contribution is -2.30. The lowest BCUT2D eigenvalue weighted by Gasteiger charge is -2.18. The molecule has 0 aliphatic heterocycles. The van der Waals surface area contributed by atoms with E-state index in [4.69, 9.17) is 14.2 Å². The summed E-state index contributed by atoms with van der Waals surface area (Å²) in [7, 11) is 0. The smallest absolute Gasteiger partial charge is 0.306 e. The van der Waals surface area contributed by atoms with Gasteiger partial charge in [-0.1, -0.05) is 297 Å². The van der Waals surface area contributed by atoms with Gasteiger partial charge < -0.3 is 14.2 Å². The van der Waals surface area contributed by atoms with Crippen molar-refractivity contribution in [1.29, 1.82) is 0 Å². The van der Waals surface area contributed by atoms with Crippen LogP contribution in [0.5, 0.6) is 0 Å². The summed E-state index contributed by atoms with van der Waals surface area (Å²) < 4.78 is 16.9. The highest BCUT2D eigenvalue weighted by atomic mass is 16.6. The van der Waals surface area contributed by atoms with Gasteiger partial charge in [0.15, 0.2) is 6.10 Å². The van der Waals surface area contributed by atoms with Crippen molar-refractivity contribution >= 4 is 17.9 Å². The van der Waals surface area contributed by atoms with Gasteiger partial charge in [0.25, 0.3) is 0 Å². The number of carbonyl (C=O) groups is 3. The second-order valence-corrected chi connectivity index (χ2v) is 20.8. The van der Waals surface area contributed by atoms with Crippen LogP contribution >= 0.6 is 0 Å². The highest BCUT2D eigenvalue weighted by Crippen LogP contribution is 2.18. The zero-order valence-electron chi connectivity index (χ0n) is 44.5. The second kappa shape index (κ2) is 53.4. The molecule has 0 N–H and O–H groups in total. The third-order valence-corrected chi connectivity index (χ3v) is 13.5. The fourth-order valence-corrected chi connectivity index (χ4v) is 9.10. The summed E-state index contributed by atoms with van der Waals surface area (Å²) in [5.41, 5.74) is 0. The molecule has 0 amide bonds. The van der Waals surface area contributed by atoms with Gasteiger partial charge in [-0.05, 0) is 25.2 Å². The van der Waals surface area contributed by atoms with Crippen molar-refractivity contribution in [3.63, 3.8) is 0 Å². The molecule has 0 unspecified atom stereocenters. The van der Waals surface area contributed by atoms with E-state index in [0.717, 1.165) is 63.7 Å². The predicted molar refractivity (Wildman–Crippen MR) is 280 cm³/mol. The van der Waals surface area contributed by atoms with E-state index >= 15 is 0 Å². The molecule has 0 fully saturated rings. The van der Waals surface area contributed by atoms with Gasteiger partial charge in [-0.2, -0.15) is 0 Å². The molecule has 6 heteroatoms. The molecule has 0 aromatic rings. The van der Waals surface area contributed by atoms with Gasteiger partial charge in [-0.3, -0.25) is 14.4 Å². The summed E-state index contributed by atoms with van der Waals surface area (Å²) in [4.78, 5) is 38.1. The van der Waals surface area contributed by atoms with Crippen molar-refractivity contribution in [3.05, 3.63) is 0 Å². The topological polar surface area (TPSA) is 78.9 Å². The first kappa shape index (κ1) is 63.4. The Kier molecular flexibility index (Phi) is 52.1. The molecule has 0 saturated carbocycles. The average molecular weight is 920 g/mol. The van der Waals surface area contributed by atoms with Gasteiger partial charge in [0, 0.05) is 19.3 Å². The maximum atomic E-state index is 12.8. The molecule has 386 valence electrons. The summed E-state index contributed by atoms with van der Waals surface area (Å²) in [6.45, 7) is 9.06. The van der Waals surface area contributed by atoms with Crippen LogP contribution in [-0.4, -0.2) is 37.2 Å². The van der Waals surface area contributed by atoms with Gasteiger partial charge in [0.2, 0.25) is 0 Å². The SMILES string of the molecule is CCCCCCCCCCCCCCCCCCCCC(=O)OC[C@@H](COC(=O)CCCCCCCCCCCCCCC(C)C)OC(=O)CCCCCCCCCCCCCCCC. The van der Waals surface area contributed by atoms with Crippen LogP contribution in [0.15, 0.2) is 0 Å². The quantitative estimate of drug-likeness (QED) is 0.0344. The van der Waals surface area contributed by atoms with E-state index in [1.165, 1.54) is 231 Å². The fourth-order valence-electron chi connectivity index (χ4n) is 9.10. The Labute approximate surface area is 406 Å². The Morgan fingerprint density at radius 1 is 0.292 bits per heavy atom. The number of esters is 3. The number of ether oxygens (including phenoxy) is 3. The minimum atomic E-state index is -0.762. The lowest BCUT2D eigenvalue weighted by molar-refractivity contribution is -0.167. The molecule has 0 rings (SSSR count). The second-order valence-electron chi connectivity index (χ2n) is 20.8. The molecule has 0 aromatic heterocycles. The van der Waals surface area contributed by atoms with Crippen molar-refractivity contribution in [2.45, 2.75) is 342 Å². The van der Waals surface area contributed by atoms with Crippen LogP contribution in [0.4, 0.5) is 0 Å². The molecule has 0 spiro atoms. The molecule has 65 heavy (non-hydrogen) atoms. The van der Waals surface area contributed by atoms with E-state index < -0.39 is 6.10 Å². The molecule has 0 saturated heterocycles. The number of unbranched alkanes of at least 4 members (excludes halogenated alkanes) is 41. The van der Waals surface area contributed by atoms with Gasteiger partial charge in [0.1, 0.15) is 13.2 Å². The van der Waals surface area contributed by atoms with Gasteiger partial charge in [0.05, 0.1) is 0 Å². The van der Waals surface area contributed by atoms with E-state index in [2.05, 4.69) is 27.7 Å². The van der Waals surface area contributed by atoms with Crippen LogP contribution in [0, 0.1) is 5.92 Å². The zero-order valence-corrected chi connectivity index (χ0v) is 44.5. The van der Waals surface area contributed by atoms with Crippen molar-refractivity contribution in [2.24, 2.45) is 5.92 Å². The monoisotopic (exact) mass is 919 g/mol. The molecule has 1 atom stereocenters. The minimum absolute atomic E-state index is 0.0617. The van der Waals surface area contributed by atoms with Crippen LogP contribution in [0.2, 0.25) is 0 Å². The van der Waals surface area contributed by atoms with Crippen LogP contribution < -0.4 is 0 Å². The summed E-state index contributed by atoms with van der Waals surface area (Å²) in [5, 5.41) is 0. The van der Waals surface area contributed by atoms with Gasteiger partial charge in [-0.25, -0.2) is 0 Å². The minimum Gasteiger partial charge on any atom is -0.462 e. The number of carbonyl (C=O) groups excluding carboxylic acids is 3. The molecular weight excluding hydrogens is 805 g/mol. The summed E-state index contributed by atoms with van der Waals surface area (Å²) in [6.07, 6.45) is 58.1. The first-order chi connectivity index (χ1) is 31.9. The molecular formula is C59H114O6. The van der Waals surface area contributed by atoms with Crippen molar-refractivity contribution < 1.29 is 28.6 Å². The van der Waals surface area contributed by atoms with Crippen LogP contribution in [0.25, 0.3) is 0 Å². The molecule has 0 radical (unpaired) electrons. The number of hydrogen-bond acceptors (Lipinski definition) is 6. The predicted octanol–water partition coefficient (Wildman–Crippen LogP) is 19.4. The van der Waals surface area contributed by atoms with E-state index in [9.17, 15) is 14.4 Å². The summed E-state index contributed by atoms with van der Waals surface area (Å²) >= 11 is 0. The first-order valence-corrected chi connectivity index (χ1v) is 29.4. The van der Waals surface area contributed by atoms with E-state index in [0.29, 0.717) is 19.3 Å². The van der Waals surface area contributed by atoms with Crippen LogP contribution in [0.3, 0.4) is 0 Å². The average Bonchev–Trinajstić information content (AvgIpc) is 3.29. The largest absolute Gasteiger partial charge is 0.462 e. The first-order valence-electron chi connectivity index (χ1n) is 29.4. The van der Waals surface area contributed by atoms with E-state index in [1.54, 1.807) is 0 Å². The van der Waals surface area contributed by atoms with Crippen molar-refractivity contribution in [2.75, 3.05) is 13.2 Å². The Morgan fingerprint density at radius 3 is 0.754 bits per heavy atom. The Balaban J connectivity index is 4.28. The molecule has 0 aromatic carbocycles. The molecule has 0 aliphatic carbocycles. The standard InChI is InChI=1S/C59H114O6/c1-5-7-9-11-13-15-17-19-21-22-23-24-26-30-34-38-42-46-50-57(60)63-53-56(65-59(62)52-48-44-40-36-32-25-20-18-16-14-12-10-8-6-2)54-64-58(61)51-47-43-39-35-31-28-27-29-33-37-41-45-49-55(3)4/h55-56H,5-54H2,1-4H3/t56-/m0/s1. The summed E-state index contributed by atoms with van der Waals surface area (Å²) in [5.74, 6) is -0.000435.